The molecule has 1 unspecified atom stereocenters. The average Bonchev–Trinajstić information content (AvgIpc) is 3.19. The number of hydrogen-bond donors (Lipinski definition) is 0. The molecule has 0 bridgehead atoms. The molecule has 0 saturated heterocycles. The fraction of sp³-hybridized carbons (Fsp3) is 0.333. The van der Waals surface area contributed by atoms with E-state index in [4.69, 9.17) is 0 Å². The highest BCUT2D eigenvalue weighted by Gasteiger charge is 2.20. The highest BCUT2D eigenvalue weighted by Crippen LogP contribution is 2.26. The van der Waals surface area contributed by atoms with Gasteiger partial charge in [0.15, 0.2) is 0 Å². The molecule has 1 atom stereocenters. The number of aromatic nitrogens is 6. The molecule has 0 spiro atoms. The van der Waals surface area contributed by atoms with Gasteiger partial charge in [-0.15, -0.1) is 0 Å². The molecule has 0 aromatic carbocycles. The third-order valence-electron chi connectivity index (χ3n) is 3.71. The highest BCUT2D eigenvalue weighted by molar-refractivity contribution is 9.10. The van der Waals surface area contributed by atoms with Crippen LogP contribution in [-0.2, 0) is 11.8 Å². The standard InChI is InChI=1S/C15H14BrF3N6O/c1-24-13(14(17)22-23-24)9-6-21-25(8-9)12(4-5-26-15(18)19)11-3-2-10(16)7-20-11/h2-3,6-8,12,15H,4-5H2,1H3. The molecule has 0 aliphatic rings. The maximum Gasteiger partial charge on any atom is 0.345 e. The van der Waals surface area contributed by atoms with Crippen molar-refractivity contribution < 1.29 is 17.9 Å². The van der Waals surface area contributed by atoms with Gasteiger partial charge < -0.3 is 4.74 Å². The maximum atomic E-state index is 13.8. The van der Waals surface area contributed by atoms with E-state index in [0.29, 0.717) is 11.3 Å². The van der Waals surface area contributed by atoms with Gasteiger partial charge in [-0.25, -0.2) is 4.68 Å². The van der Waals surface area contributed by atoms with Crippen LogP contribution in [0.5, 0.6) is 0 Å². The van der Waals surface area contributed by atoms with Crippen LogP contribution < -0.4 is 0 Å². The zero-order valence-electron chi connectivity index (χ0n) is 13.6. The van der Waals surface area contributed by atoms with Crippen LogP contribution in [0.15, 0.2) is 35.2 Å². The summed E-state index contributed by atoms with van der Waals surface area (Å²) in [6.45, 7) is -3.03. The summed E-state index contributed by atoms with van der Waals surface area (Å²) in [6, 6.07) is 3.09. The zero-order chi connectivity index (χ0) is 18.7. The predicted molar refractivity (Wildman–Crippen MR) is 88.8 cm³/mol. The molecule has 0 amide bonds. The van der Waals surface area contributed by atoms with Crippen LogP contribution in [0.25, 0.3) is 11.3 Å². The number of nitrogens with zero attached hydrogens (tertiary/aromatic N) is 6. The van der Waals surface area contributed by atoms with Crippen molar-refractivity contribution in [1.82, 2.24) is 29.8 Å². The number of ether oxygens (including phenoxy) is 1. The number of pyridine rings is 1. The van der Waals surface area contributed by atoms with Gasteiger partial charge in [0.2, 0.25) is 0 Å². The molecule has 0 aliphatic carbocycles. The lowest BCUT2D eigenvalue weighted by molar-refractivity contribution is -0.130. The van der Waals surface area contributed by atoms with Gasteiger partial charge >= 0.3 is 6.61 Å². The molecule has 3 aromatic rings. The van der Waals surface area contributed by atoms with E-state index in [9.17, 15) is 13.2 Å². The molecule has 26 heavy (non-hydrogen) atoms. The van der Waals surface area contributed by atoms with Crippen LogP contribution in [-0.4, -0.2) is 43.0 Å². The minimum absolute atomic E-state index is 0.183. The van der Waals surface area contributed by atoms with Crippen molar-refractivity contribution in [3.05, 3.63) is 46.8 Å². The Balaban J connectivity index is 1.90. The molecule has 3 aromatic heterocycles. The summed E-state index contributed by atoms with van der Waals surface area (Å²) in [5.74, 6) is -0.716. The van der Waals surface area contributed by atoms with Crippen molar-refractivity contribution >= 4 is 15.9 Å². The van der Waals surface area contributed by atoms with E-state index >= 15 is 0 Å². The Labute approximate surface area is 154 Å². The number of alkyl halides is 2. The van der Waals surface area contributed by atoms with Gasteiger partial charge in [0, 0.05) is 29.5 Å². The molecule has 0 aliphatic heterocycles. The second kappa shape index (κ2) is 7.96. The van der Waals surface area contributed by atoms with Gasteiger partial charge in [0.1, 0.15) is 5.69 Å². The first-order valence-electron chi connectivity index (χ1n) is 7.56. The van der Waals surface area contributed by atoms with E-state index in [2.05, 4.69) is 41.1 Å². The maximum absolute atomic E-state index is 13.8. The van der Waals surface area contributed by atoms with E-state index in [1.807, 2.05) is 0 Å². The first kappa shape index (κ1) is 18.5. The Morgan fingerprint density at radius 2 is 2.08 bits per heavy atom. The molecule has 11 heteroatoms. The Hall–Kier alpha value is -2.27. The van der Waals surface area contributed by atoms with Crippen LogP contribution in [0.1, 0.15) is 18.2 Å². The molecule has 0 saturated carbocycles. The van der Waals surface area contributed by atoms with Crippen molar-refractivity contribution in [1.29, 1.82) is 0 Å². The summed E-state index contributed by atoms with van der Waals surface area (Å²) >= 11 is 3.30. The predicted octanol–water partition coefficient (Wildman–Crippen LogP) is 3.19. The summed E-state index contributed by atoms with van der Waals surface area (Å²) < 4.78 is 46.4. The summed E-state index contributed by atoms with van der Waals surface area (Å²) in [7, 11) is 1.56. The lowest BCUT2D eigenvalue weighted by Gasteiger charge is -2.17. The third kappa shape index (κ3) is 4.10. The van der Waals surface area contributed by atoms with Crippen molar-refractivity contribution in [2.75, 3.05) is 6.61 Å². The van der Waals surface area contributed by atoms with Crippen LogP contribution in [0, 0.1) is 5.95 Å². The van der Waals surface area contributed by atoms with Gasteiger partial charge in [0.25, 0.3) is 5.95 Å². The molecule has 0 fully saturated rings. The van der Waals surface area contributed by atoms with Crippen molar-refractivity contribution in [2.45, 2.75) is 19.1 Å². The van der Waals surface area contributed by atoms with Crippen LogP contribution in [0.2, 0.25) is 0 Å². The van der Waals surface area contributed by atoms with Crippen molar-refractivity contribution in [3.8, 4) is 11.3 Å². The Morgan fingerprint density at radius 1 is 1.27 bits per heavy atom. The normalized spacial score (nSPS) is 12.7. The number of hydrogen-bond acceptors (Lipinski definition) is 5. The van der Waals surface area contributed by atoms with E-state index in [0.717, 1.165) is 4.47 Å². The minimum atomic E-state index is -2.85. The van der Waals surface area contributed by atoms with Gasteiger partial charge in [-0.3, -0.25) is 9.67 Å². The van der Waals surface area contributed by atoms with Crippen LogP contribution >= 0.6 is 15.9 Å². The lowest BCUT2D eigenvalue weighted by Crippen LogP contribution is -2.16. The van der Waals surface area contributed by atoms with Crippen molar-refractivity contribution in [2.24, 2.45) is 7.05 Å². The monoisotopic (exact) mass is 430 g/mol. The molecule has 3 rings (SSSR count). The van der Waals surface area contributed by atoms with Gasteiger partial charge in [-0.05, 0) is 34.5 Å². The van der Waals surface area contributed by atoms with E-state index in [1.165, 1.54) is 15.6 Å². The second-order valence-corrected chi connectivity index (χ2v) is 6.31. The quantitative estimate of drug-likeness (QED) is 0.575. The molecule has 0 radical (unpaired) electrons. The summed E-state index contributed by atoms with van der Waals surface area (Å²) in [5.41, 5.74) is 1.26. The first-order valence-corrected chi connectivity index (χ1v) is 8.36. The SMILES string of the molecule is Cn1nnc(F)c1-c1cnn(C(CCOC(F)F)c2ccc(Br)cn2)c1. The third-order valence-corrected chi connectivity index (χ3v) is 4.18. The molecule has 7 nitrogen and oxygen atoms in total. The number of rotatable bonds is 7. The number of aryl methyl sites for hydroxylation is 1. The average molecular weight is 431 g/mol. The second-order valence-electron chi connectivity index (χ2n) is 5.40. The molecule has 138 valence electrons. The smallest absolute Gasteiger partial charge is 0.323 e. The van der Waals surface area contributed by atoms with E-state index in [1.54, 1.807) is 31.6 Å². The van der Waals surface area contributed by atoms with Gasteiger partial charge in [-0.2, -0.15) is 18.3 Å². The summed E-state index contributed by atoms with van der Waals surface area (Å²) in [5, 5.41) is 11.2. The van der Waals surface area contributed by atoms with Crippen LogP contribution in [0.4, 0.5) is 13.2 Å². The lowest BCUT2D eigenvalue weighted by atomic mass is 10.1. The van der Waals surface area contributed by atoms with Crippen LogP contribution in [0.3, 0.4) is 0 Å². The van der Waals surface area contributed by atoms with Gasteiger partial charge in [-0.1, -0.05) is 10.3 Å². The van der Waals surface area contributed by atoms with E-state index < -0.39 is 18.6 Å². The number of halogens is 4. The molecule has 3 heterocycles. The fourth-order valence-electron chi connectivity index (χ4n) is 2.54. The fourth-order valence-corrected chi connectivity index (χ4v) is 2.77. The Kier molecular flexibility index (Phi) is 5.67. The summed E-state index contributed by atoms with van der Waals surface area (Å²) in [4.78, 5) is 4.31. The Morgan fingerprint density at radius 3 is 2.69 bits per heavy atom. The molecule has 0 N–H and O–H groups in total. The minimum Gasteiger partial charge on any atom is -0.323 e. The molecular formula is C15H14BrF3N6O. The highest BCUT2D eigenvalue weighted by atomic mass is 79.9. The van der Waals surface area contributed by atoms with E-state index in [-0.39, 0.29) is 18.7 Å². The summed E-state index contributed by atoms with van der Waals surface area (Å²) in [6.07, 6.45) is 4.87. The largest absolute Gasteiger partial charge is 0.345 e. The zero-order valence-corrected chi connectivity index (χ0v) is 15.1. The molecular weight excluding hydrogens is 417 g/mol. The van der Waals surface area contributed by atoms with Crippen molar-refractivity contribution in [3.63, 3.8) is 0 Å². The topological polar surface area (TPSA) is 70.7 Å². The first-order chi connectivity index (χ1) is 12.5. The van der Waals surface area contributed by atoms with Gasteiger partial charge in [0.05, 0.1) is 24.5 Å². The Bertz CT molecular complexity index is 847.